The first-order valence-electron chi connectivity index (χ1n) is 5.69. The summed E-state index contributed by atoms with van der Waals surface area (Å²) in [5.41, 5.74) is 0. The van der Waals surface area contributed by atoms with Gasteiger partial charge in [0.1, 0.15) is 6.04 Å². The Morgan fingerprint density at radius 3 is 2.73 bits per heavy atom. The maximum atomic E-state index is 10.8. The molecule has 0 aliphatic heterocycles. The molecule has 0 saturated heterocycles. The van der Waals surface area contributed by atoms with Gasteiger partial charge in [-0.15, -0.1) is 0 Å². The number of hydrogen-bond donors (Lipinski definition) is 1. The lowest BCUT2D eigenvalue weighted by molar-refractivity contribution is -0.142. The molecule has 2 bridgehead atoms. The molecule has 0 aromatic heterocycles. The van der Waals surface area contributed by atoms with Gasteiger partial charge < -0.3 is 5.11 Å². The van der Waals surface area contributed by atoms with Gasteiger partial charge in [0.2, 0.25) is 0 Å². The van der Waals surface area contributed by atoms with Crippen LogP contribution < -0.4 is 0 Å². The second-order valence-corrected chi connectivity index (χ2v) is 4.99. The molecular weight excluding hydrogens is 190 g/mol. The summed E-state index contributed by atoms with van der Waals surface area (Å²) in [5.74, 6) is 1.43. The van der Waals surface area contributed by atoms with Crippen LogP contribution in [0.25, 0.3) is 0 Å². The highest BCUT2D eigenvalue weighted by molar-refractivity contribution is 5.72. The maximum Gasteiger partial charge on any atom is 0.320 e. The number of nitrogens with zero attached hydrogens (tertiary/aromatic N) is 1. The van der Waals surface area contributed by atoms with Crippen molar-refractivity contribution in [1.29, 1.82) is 0 Å². The predicted octanol–water partition coefficient (Wildman–Crippen LogP) is 1.60. The topological polar surface area (TPSA) is 40.5 Å². The van der Waals surface area contributed by atoms with E-state index in [1.807, 2.05) is 11.9 Å². The van der Waals surface area contributed by atoms with Gasteiger partial charge in [-0.3, -0.25) is 9.69 Å². The van der Waals surface area contributed by atoms with E-state index in [1.165, 1.54) is 12.8 Å². The fourth-order valence-corrected chi connectivity index (χ4v) is 2.82. The van der Waals surface area contributed by atoms with Crippen molar-refractivity contribution >= 4 is 5.97 Å². The number of fused-ring (bicyclic) bond motifs is 2. The first-order chi connectivity index (χ1) is 7.08. The number of allylic oxidation sites excluding steroid dienone is 2. The number of rotatable bonds is 4. The third-order valence-corrected chi connectivity index (χ3v) is 3.96. The quantitative estimate of drug-likeness (QED) is 0.715. The van der Waals surface area contributed by atoms with Crippen LogP contribution in [-0.2, 0) is 4.79 Å². The van der Waals surface area contributed by atoms with Gasteiger partial charge in [-0.2, -0.15) is 0 Å². The zero-order valence-corrected chi connectivity index (χ0v) is 9.39. The van der Waals surface area contributed by atoms with Crippen LogP contribution in [0.15, 0.2) is 12.2 Å². The minimum atomic E-state index is -0.726. The van der Waals surface area contributed by atoms with Crippen molar-refractivity contribution in [2.75, 3.05) is 13.6 Å². The van der Waals surface area contributed by atoms with E-state index in [0.29, 0.717) is 11.8 Å². The molecule has 0 aromatic rings. The van der Waals surface area contributed by atoms with Crippen LogP contribution in [-0.4, -0.2) is 35.6 Å². The van der Waals surface area contributed by atoms with E-state index in [1.54, 1.807) is 6.92 Å². The van der Waals surface area contributed by atoms with E-state index in [2.05, 4.69) is 12.2 Å². The summed E-state index contributed by atoms with van der Waals surface area (Å²) in [6, 6.07) is -0.367. The van der Waals surface area contributed by atoms with Crippen LogP contribution in [0, 0.1) is 17.8 Å². The summed E-state index contributed by atoms with van der Waals surface area (Å²) in [6.07, 6.45) is 7.18. The Morgan fingerprint density at radius 1 is 1.53 bits per heavy atom. The second kappa shape index (κ2) is 3.97. The molecular formula is C12H19NO2. The Hall–Kier alpha value is -0.830. The van der Waals surface area contributed by atoms with Gasteiger partial charge >= 0.3 is 5.97 Å². The Balaban J connectivity index is 1.87. The molecule has 3 nitrogen and oxygen atoms in total. The molecule has 1 N–H and O–H groups in total. The fraction of sp³-hybridized carbons (Fsp3) is 0.750. The first kappa shape index (κ1) is 10.7. The minimum absolute atomic E-state index is 0.367. The van der Waals surface area contributed by atoms with Crippen molar-refractivity contribution in [3.8, 4) is 0 Å². The van der Waals surface area contributed by atoms with Crippen LogP contribution >= 0.6 is 0 Å². The Morgan fingerprint density at radius 2 is 2.27 bits per heavy atom. The third kappa shape index (κ3) is 2.07. The number of carboxylic acid groups (broad SMARTS) is 1. The average Bonchev–Trinajstić information content (AvgIpc) is 2.77. The van der Waals surface area contributed by atoms with Gasteiger partial charge in [0.25, 0.3) is 0 Å². The largest absolute Gasteiger partial charge is 0.480 e. The molecule has 2 rings (SSSR count). The zero-order valence-electron chi connectivity index (χ0n) is 9.39. The highest BCUT2D eigenvalue weighted by atomic mass is 16.4. The van der Waals surface area contributed by atoms with Crippen molar-refractivity contribution in [3.05, 3.63) is 12.2 Å². The van der Waals surface area contributed by atoms with Crippen molar-refractivity contribution in [2.45, 2.75) is 25.8 Å². The molecule has 1 fully saturated rings. The fourth-order valence-electron chi connectivity index (χ4n) is 2.82. The lowest BCUT2D eigenvalue weighted by atomic mass is 9.93. The lowest BCUT2D eigenvalue weighted by Gasteiger charge is -2.27. The first-order valence-corrected chi connectivity index (χ1v) is 5.69. The molecule has 4 unspecified atom stereocenters. The molecule has 1 saturated carbocycles. The molecule has 0 amide bonds. The molecule has 2 aliphatic rings. The number of carboxylic acids is 1. The molecule has 0 spiro atoms. The number of carbonyl (C=O) groups is 1. The van der Waals surface area contributed by atoms with Crippen molar-refractivity contribution < 1.29 is 9.90 Å². The van der Waals surface area contributed by atoms with E-state index in [0.717, 1.165) is 12.5 Å². The normalized spacial score (nSPS) is 35.0. The van der Waals surface area contributed by atoms with Crippen LogP contribution in [0.4, 0.5) is 0 Å². The molecule has 15 heavy (non-hydrogen) atoms. The Labute approximate surface area is 90.8 Å². The van der Waals surface area contributed by atoms with Gasteiger partial charge in [-0.1, -0.05) is 12.2 Å². The van der Waals surface area contributed by atoms with E-state index in [9.17, 15) is 4.79 Å². The van der Waals surface area contributed by atoms with Gasteiger partial charge in [0, 0.05) is 6.54 Å². The standard InChI is InChI=1S/C12H19NO2/c1-8(12(14)15)13(2)7-11-6-9-3-4-10(11)5-9/h3-4,8-11H,5-7H2,1-2H3,(H,14,15). The molecule has 0 radical (unpaired) electrons. The summed E-state index contributed by atoms with van der Waals surface area (Å²) in [7, 11) is 1.91. The van der Waals surface area contributed by atoms with E-state index >= 15 is 0 Å². The van der Waals surface area contributed by atoms with Crippen LogP contribution in [0.3, 0.4) is 0 Å². The van der Waals surface area contributed by atoms with Crippen molar-refractivity contribution in [2.24, 2.45) is 17.8 Å². The zero-order chi connectivity index (χ0) is 11.0. The Bertz CT molecular complexity index is 287. The average molecular weight is 209 g/mol. The highest BCUT2D eigenvalue weighted by Crippen LogP contribution is 2.43. The molecule has 2 aliphatic carbocycles. The smallest absolute Gasteiger partial charge is 0.320 e. The van der Waals surface area contributed by atoms with Crippen molar-refractivity contribution in [3.63, 3.8) is 0 Å². The second-order valence-electron chi connectivity index (χ2n) is 4.99. The SMILES string of the molecule is CC(C(=O)O)N(C)CC1CC2C=CC1C2. The number of hydrogen-bond acceptors (Lipinski definition) is 2. The van der Waals surface area contributed by atoms with E-state index in [4.69, 9.17) is 5.11 Å². The molecule has 0 aromatic carbocycles. The van der Waals surface area contributed by atoms with Gasteiger partial charge in [0.15, 0.2) is 0 Å². The predicted molar refractivity (Wildman–Crippen MR) is 58.6 cm³/mol. The van der Waals surface area contributed by atoms with Crippen LogP contribution in [0.1, 0.15) is 19.8 Å². The van der Waals surface area contributed by atoms with Gasteiger partial charge in [0.05, 0.1) is 0 Å². The minimum Gasteiger partial charge on any atom is -0.480 e. The summed E-state index contributed by atoms with van der Waals surface area (Å²) in [4.78, 5) is 12.8. The third-order valence-electron chi connectivity index (χ3n) is 3.96. The summed E-state index contributed by atoms with van der Waals surface area (Å²) in [5, 5.41) is 8.90. The van der Waals surface area contributed by atoms with Crippen LogP contribution in [0.2, 0.25) is 0 Å². The van der Waals surface area contributed by atoms with Crippen molar-refractivity contribution in [1.82, 2.24) is 4.90 Å². The summed E-state index contributed by atoms with van der Waals surface area (Å²) >= 11 is 0. The summed E-state index contributed by atoms with van der Waals surface area (Å²) in [6.45, 7) is 2.67. The van der Waals surface area contributed by atoms with Crippen LogP contribution in [0.5, 0.6) is 0 Å². The number of likely N-dealkylation sites (N-methyl/N-ethyl adjacent to an activating group) is 1. The number of aliphatic carboxylic acids is 1. The maximum absolute atomic E-state index is 10.8. The van der Waals surface area contributed by atoms with Gasteiger partial charge in [-0.05, 0) is 44.6 Å². The highest BCUT2D eigenvalue weighted by Gasteiger charge is 2.36. The molecule has 4 atom stereocenters. The van der Waals surface area contributed by atoms with E-state index < -0.39 is 5.97 Å². The Kier molecular flexibility index (Phi) is 2.83. The molecule has 0 heterocycles. The van der Waals surface area contributed by atoms with Gasteiger partial charge in [-0.25, -0.2) is 0 Å². The molecule has 84 valence electrons. The summed E-state index contributed by atoms with van der Waals surface area (Å²) < 4.78 is 0. The van der Waals surface area contributed by atoms with E-state index in [-0.39, 0.29) is 6.04 Å². The molecule has 3 heteroatoms. The lowest BCUT2D eigenvalue weighted by Crippen LogP contribution is -2.39. The monoisotopic (exact) mass is 209 g/mol.